The van der Waals surface area contributed by atoms with Crippen LogP contribution in [-0.2, 0) is 33.3 Å². The number of esters is 3. The van der Waals surface area contributed by atoms with E-state index in [2.05, 4.69) is 0 Å². The number of hydrogen-bond donors (Lipinski definition) is 2. The van der Waals surface area contributed by atoms with E-state index in [0.29, 0.717) is 12.0 Å². The minimum Gasteiger partial charge on any atom is -0.462 e. The van der Waals surface area contributed by atoms with Gasteiger partial charge in [-0.15, -0.1) is 0 Å². The van der Waals surface area contributed by atoms with E-state index in [1.807, 2.05) is 13.0 Å². The molecular formula is C24H32O9. The fourth-order valence-electron chi connectivity index (χ4n) is 6.18. The van der Waals surface area contributed by atoms with E-state index < -0.39 is 71.0 Å². The summed E-state index contributed by atoms with van der Waals surface area (Å²) in [6.07, 6.45) is -0.358. The Morgan fingerprint density at radius 3 is 2.39 bits per heavy atom. The van der Waals surface area contributed by atoms with Crippen LogP contribution < -0.4 is 0 Å². The Morgan fingerprint density at radius 2 is 1.79 bits per heavy atom. The molecule has 9 atom stereocenters. The maximum absolute atomic E-state index is 12.6. The van der Waals surface area contributed by atoms with E-state index in [4.69, 9.17) is 18.9 Å². The van der Waals surface area contributed by atoms with E-state index in [0.717, 1.165) is 5.57 Å². The zero-order chi connectivity index (χ0) is 24.5. The number of carbonyl (C=O) groups excluding carboxylic acids is 3. The molecule has 0 aromatic rings. The first kappa shape index (κ1) is 23.9. The predicted octanol–water partition coefficient (Wildman–Crippen LogP) is 1.35. The van der Waals surface area contributed by atoms with Crippen molar-refractivity contribution in [3.63, 3.8) is 0 Å². The summed E-state index contributed by atoms with van der Waals surface area (Å²) < 4.78 is 22.9. The van der Waals surface area contributed by atoms with Gasteiger partial charge in [-0.3, -0.25) is 9.59 Å². The smallest absolute Gasteiger partial charge is 0.341 e. The molecular weight excluding hydrogens is 432 g/mol. The highest BCUT2D eigenvalue weighted by Crippen LogP contribution is 2.63. The molecule has 0 aromatic heterocycles. The molecule has 2 aliphatic carbocycles. The molecule has 2 N–H and O–H groups in total. The van der Waals surface area contributed by atoms with Gasteiger partial charge in [0.25, 0.3) is 0 Å². The molecule has 0 amide bonds. The summed E-state index contributed by atoms with van der Waals surface area (Å²) in [5, 5.41) is 22.9. The lowest BCUT2D eigenvalue weighted by Gasteiger charge is -2.50. The summed E-state index contributed by atoms with van der Waals surface area (Å²) in [7, 11) is 0. The van der Waals surface area contributed by atoms with Gasteiger partial charge in [0.2, 0.25) is 0 Å². The molecule has 0 saturated carbocycles. The molecule has 2 fully saturated rings. The number of rotatable bonds is 2. The SMILES string of the molecule is CC(=O)O[C@H]1C/C(C)=C\[C@@H]2OC(=O)[C@](C)(O)[C@]23O[C@@H]3[C@H]2C(C)=CC[C@H](OC(C)=O)[C@]2(C)[C@H]1O. The summed E-state index contributed by atoms with van der Waals surface area (Å²) in [6.45, 7) is 9.37. The fraction of sp³-hybridized carbons (Fsp3) is 0.708. The molecule has 4 rings (SSSR count). The first-order chi connectivity index (χ1) is 15.3. The van der Waals surface area contributed by atoms with Crippen molar-refractivity contribution in [1.29, 1.82) is 0 Å². The van der Waals surface area contributed by atoms with Crippen molar-refractivity contribution in [3.05, 3.63) is 23.3 Å². The molecule has 2 saturated heterocycles. The number of carbonyl (C=O) groups is 3. The number of ether oxygens (including phenoxy) is 4. The van der Waals surface area contributed by atoms with E-state index in [-0.39, 0.29) is 6.42 Å². The van der Waals surface area contributed by atoms with E-state index in [1.165, 1.54) is 20.8 Å². The van der Waals surface area contributed by atoms with Gasteiger partial charge in [0.1, 0.15) is 24.4 Å². The van der Waals surface area contributed by atoms with E-state index in [9.17, 15) is 24.6 Å². The molecule has 4 aliphatic rings. The van der Waals surface area contributed by atoms with Crippen molar-refractivity contribution in [2.45, 2.75) is 96.1 Å². The van der Waals surface area contributed by atoms with Crippen molar-refractivity contribution in [3.8, 4) is 0 Å². The number of aliphatic hydroxyl groups excluding tert-OH is 1. The summed E-state index contributed by atoms with van der Waals surface area (Å²) in [6, 6.07) is 0. The number of hydrogen-bond acceptors (Lipinski definition) is 9. The molecule has 0 aromatic carbocycles. The van der Waals surface area contributed by atoms with Crippen molar-refractivity contribution < 1.29 is 43.5 Å². The van der Waals surface area contributed by atoms with Crippen LogP contribution in [0.15, 0.2) is 23.3 Å². The van der Waals surface area contributed by atoms with Gasteiger partial charge in [0.05, 0.1) is 0 Å². The minimum absolute atomic E-state index is 0.162. The Kier molecular flexibility index (Phi) is 5.54. The van der Waals surface area contributed by atoms with E-state index >= 15 is 0 Å². The average molecular weight is 465 g/mol. The van der Waals surface area contributed by atoms with E-state index in [1.54, 1.807) is 19.9 Å². The van der Waals surface area contributed by atoms with Crippen LogP contribution >= 0.6 is 0 Å². The lowest BCUT2D eigenvalue weighted by atomic mass is 9.57. The van der Waals surface area contributed by atoms with Crippen LogP contribution in [0, 0.1) is 11.3 Å². The standard InChI is InChI=1S/C24H32O9/c1-11-9-15(30-13(3)25)19(27)22(5)16(31-14(4)26)8-7-12(2)18(22)20-24(33-20)17(10-11)32-21(28)23(24,6)29/h7,10,15-20,27,29H,8-9H2,1-6H3/b11-10-/t15-,16-,17-,18+,19-,20+,22-,23-,24-/m0/s1. The molecule has 2 aliphatic heterocycles. The van der Waals surface area contributed by atoms with Crippen LogP contribution in [-0.4, -0.2) is 69.8 Å². The normalized spacial score (nSPS) is 48.1. The highest BCUT2D eigenvalue weighted by Gasteiger charge is 2.82. The third kappa shape index (κ3) is 3.35. The maximum atomic E-state index is 12.6. The van der Waals surface area contributed by atoms with Gasteiger partial charge < -0.3 is 29.2 Å². The van der Waals surface area contributed by atoms with Crippen LogP contribution in [0.5, 0.6) is 0 Å². The third-order valence-electron chi connectivity index (χ3n) is 7.89. The van der Waals surface area contributed by atoms with Crippen molar-refractivity contribution >= 4 is 17.9 Å². The molecule has 0 unspecified atom stereocenters. The van der Waals surface area contributed by atoms with Gasteiger partial charge in [-0.1, -0.05) is 24.1 Å². The molecule has 182 valence electrons. The zero-order valence-electron chi connectivity index (χ0n) is 19.8. The maximum Gasteiger partial charge on any atom is 0.341 e. The van der Waals surface area contributed by atoms with Gasteiger partial charge >= 0.3 is 17.9 Å². The lowest BCUT2D eigenvalue weighted by Crippen LogP contribution is -2.60. The van der Waals surface area contributed by atoms with Crippen molar-refractivity contribution in [1.82, 2.24) is 0 Å². The van der Waals surface area contributed by atoms with Crippen LogP contribution in [0.2, 0.25) is 0 Å². The van der Waals surface area contributed by atoms with Crippen molar-refractivity contribution in [2.75, 3.05) is 0 Å². The quantitative estimate of drug-likeness (QED) is 0.269. The summed E-state index contributed by atoms with van der Waals surface area (Å²) in [5.74, 6) is -2.40. The minimum atomic E-state index is -1.91. The largest absolute Gasteiger partial charge is 0.462 e. The van der Waals surface area contributed by atoms with Crippen LogP contribution in [0.3, 0.4) is 0 Å². The second-order valence-corrected chi connectivity index (χ2v) is 10.2. The molecule has 9 nitrogen and oxygen atoms in total. The number of aliphatic hydroxyl groups is 2. The molecule has 9 heteroatoms. The van der Waals surface area contributed by atoms with Gasteiger partial charge in [-0.25, -0.2) is 4.79 Å². The van der Waals surface area contributed by atoms with Gasteiger partial charge in [-0.2, -0.15) is 0 Å². The summed E-state index contributed by atoms with van der Waals surface area (Å²) in [5.41, 5.74) is -2.85. The third-order valence-corrected chi connectivity index (χ3v) is 7.89. The highest BCUT2D eigenvalue weighted by molar-refractivity contribution is 5.85. The first-order valence-corrected chi connectivity index (χ1v) is 11.2. The fourth-order valence-corrected chi connectivity index (χ4v) is 6.18. The lowest BCUT2D eigenvalue weighted by molar-refractivity contribution is -0.186. The zero-order valence-corrected chi connectivity index (χ0v) is 19.8. The number of fused-ring (bicyclic) bond motifs is 2. The summed E-state index contributed by atoms with van der Waals surface area (Å²) >= 11 is 0. The first-order valence-electron chi connectivity index (χ1n) is 11.2. The Morgan fingerprint density at radius 1 is 1.15 bits per heavy atom. The Balaban J connectivity index is 1.91. The van der Waals surface area contributed by atoms with Gasteiger partial charge in [-0.05, 0) is 26.8 Å². The van der Waals surface area contributed by atoms with Crippen LogP contribution in [0.4, 0.5) is 0 Å². The Bertz CT molecular complexity index is 950. The molecule has 0 radical (unpaired) electrons. The second-order valence-electron chi connectivity index (χ2n) is 10.2. The van der Waals surface area contributed by atoms with Crippen LogP contribution in [0.25, 0.3) is 0 Å². The van der Waals surface area contributed by atoms with Gasteiger partial charge in [0, 0.05) is 38.0 Å². The van der Waals surface area contributed by atoms with Crippen molar-refractivity contribution in [2.24, 2.45) is 11.3 Å². The topological polar surface area (TPSA) is 132 Å². The average Bonchev–Trinajstić information content (AvgIpc) is 3.40. The van der Waals surface area contributed by atoms with Crippen LogP contribution in [0.1, 0.15) is 54.4 Å². The summed E-state index contributed by atoms with van der Waals surface area (Å²) in [4.78, 5) is 36.5. The monoisotopic (exact) mass is 464 g/mol. The molecule has 1 spiro atoms. The molecule has 2 heterocycles. The molecule has 0 bridgehead atoms. The Labute approximate surface area is 192 Å². The van der Waals surface area contributed by atoms with Gasteiger partial charge in [0.15, 0.2) is 17.3 Å². The predicted molar refractivity (Wildman–Crippen MR) is 114 cm³/mol. The molecule has 33 heavy (non-hydrogen) atoms. The highest BCUT2D eigenvalue weighted by atomic mass is 16.7. The second kappa shape index (κ2) is 7.65. The Hall–Kier alpha value is -2.23. The number of epoxide rings is 1.